The number of hydrogen-bond donors (Lipinski definition) is 4. The summed E-state index contributed by atoms with van der Waals surface area (Å²) in [5.74, 6) is 0.00769. The van der Waals surface area contributed by atoms with Crippen LogP contribution in [0.1, 0.15) is 5.56 Å². The van der Waals surface area contributed by atoms with E-state index < -0.39 is 10.2 Å². The van der Waals surface area contributed by atoms with Crippen molar-refractivity contribution in [3.63, 3.8) is 0 Å². The lowest BCUT2D eigenvalue weighted by atomic mass is 10.1. The van der Waals surface area contributed by atoms with Gasteiger partial charge in [0.1, 0.15) is 17.3 Å². The number of methoxy groups -OCH3 is 2. The summed E-state index contributed by atoms with van der Waals surface area (Å²) >= 11 is 0. The molecule has 1 aromatic carbocycles. The van der Waals surface area contributed by atoms with Gasteiger partial charge in [0.2, 0.25) is 0 Å². The fourth-order valence-electron chi connectivity index (χ4n) is 1.48. The minimum absolute atomic E-state index is 0.118. The van der Waals surface area contributed by atoms with Crippen molar-refractivity contribution < 1.29 is 17.9 Å². The Labute approximate surface area is 118 Å². The Morgan fingerprint density at radius 1 is 1.40 bits per heavy atom. The molecule has 0 heterocycles. The molecular weight excluding hydrogens is 284 g/mol. The maximum absolute atomic E-state index is 11.9. The van der Waals surface area contributed by atoms with E-state index in [1.54, 1.807) is 12.1 Å². The largest absolute Gasteiger partial charge is 0.495 e. The van der Waals surface area contributed by atoms with E-state index in [9.17, 15) is 8.42 Å². The summed E-state index contributed by atoms with van der Waals surface area (Å²) in [7, 11) is -0.941. The van der Waals surface area contributed by atoms with E-state index in [1.165, 1.54) is 20.3 Å². The molecule has 0 bridgehead atoms. The molecular formula is C11H18N4O4S. The highest BCUT2D eigenvalue weighted by atomic mass is 32.2. The van der Waals surface area contributed by atoms with Gasteiger partial charge in [-0.15, -0.1) is 0 Å². The van der Waals surface area contributed by atoms with Gasteiger partial charge >= 0.3 is 0 Å². The molecule has 20 heavy (non-hydrogen) atoms. The second-order valence-electron chi connectivity index (χ2n) is 3.79. The van der Waals surface area contributed by atoms with Gasteiger partial charge in [-0.2, -0.15) is 13.1 Å². The van der Waals surface area contributed by atoms with Crippen molar-refractivity contribution >= 4 is 21.7 Å². The van der Waals surface area contributed by atoms with Crippen LogP contribution in [0.2, 0.25) is 0 Å². The molecule has 0 aliphatic rings. The number of para-hydroxylation sites is 1. The Morgan fingerprint density at radius 2 is 2.10 bits per heavy atom. The zero-order chi connectivity index (χ0) is 15.2. The number of benzene rings is 1. The first-order valence-corrected chi connectivity index (χ1v) is 7.17. The molecule has 8 nitrogen and oxygen atoms in total. The van der Waals surface area contributed by atoms with Crippen LogP contribution in [-0.2, 0) is 14.9 Å². The van der Waals surface area contributed by atoms with Crippen LogP contribution in [0.15, 0.2) is 18.2 Å². The molecule has 0 atom stereocenters. The molecule has 112 valence electrons. The second kappa shape index (κ2) is 7.08. The average Bonchev–Trinajstić information content (AvgIpc) is 2.38. The maximum atomic E-state index is 11.9. The first-order valence-electron chi connectivity index (χ1n) is 5.69. The summed E-state index contributed by atoms with van der Waals surface area (Å²) in [6.07, 6.45) is 0. The minimum Gasteiger partial charge on any atom is -0.495 e. The lowest BCUT2D eigenvalue weighted by Crippen LogP contribution is -2.33. The standard InChI is InChI=1S/C11H18N4O4S/c1-18-7-6-14-20(16,17)15-10-8(11(12)13)4-3-5-9(10)19-2/h3-5,14-15H,6-7H2,1-2H3,(H3,12,13). The number of amidine groups is 1. The van der Waals surface area contributed by atoms with Gasteiger partial charge in [0.15, 0.2) is 0 Å². The highest BCUT2D eigenvalue weighted by Crippen LogP contribution is 2.28. The number of nitrogens with two attached hydrogens (primary N) is 1. The Bertz CT molecular complexity index is 574. The van der Waals surface area contributed by atoms with E-state index in [-0.39, 0.29) is 36.0 Å². The van der Waals surface area contributed by atoms with Crippen LogP contribution in [-0.4, -0.2) is 41.6 Å². The molecule has 0 fully saturated rings. The lowest BCUT2D eigenvalue weighted by Gasteiger charge is -2.15. The van der Waals surface area contributed by atoms with Crippen LogP contribution in [0.3, 0.4) is 0 Å². The van der Waals surface area contributed by atoms with Crippen molar-refractivity contribution in [2.24, 2.45) is 5.73 Å². The molecule has 0 amide bonds. The van der Waals surface area contributed by atoms with E-state index in [0.29, 0.717) is 0 Å². The lowest BCUT2D eigenvalue weighted by molar-refractivity contribution is 0.204. The van der Waals surface area contributed by atoms with Gasteiger partial charge in [0.05, 0.1) is 13.7 Å². The quantitative estimate of drug-likeness (QED) is 0.302. The van der Waals surface area contributed by atoms with Crippen LogP contribution in [0.25, 0.3) is 0 Å². The number of nitrogen functional groups attached to an aromatic ring is 1. The van der Waals surface area contributed by atoms with Crippen molar-refractivity contribution in [3.05, 3.63) is 23.8 Å². The van der Waals surface area contributed by atoms with Crippen molar-refractivity contribution in [1.29, 1.82) is 5.41 Å². The third kappa shape index (κ3) is 4.37. The van der Waals surface area contributed by atoms with Gasteiger partial charge in [-0.3, -0.25) is 10.1 Å². The smallest absolute Gasteiger partial charge is 0.299 e. The number of ether oxygens (including phenoxy) is 2. The summed E-state index contributed by atoms with van der Waals surface area (Å²) in [5, 5.41) is 7.47. The SMILES string of the molecule is COCCNS(=O)(=O)Nc1c(OC)cccc1C(=N)N. The van der Waals surface area contributed by atoms with Crippen LogP contribution in [0, 0.1) is 5.41 Å². The van der Waals surface area contributed by atoms with E-state index in [0.717, 1.165) is 0 Å². The highest BCUT2D eigenvalue weighted by molar-refractivity contribution is 7.90. The third-order valence-corrected chi connectivity index (χ3v) is 3.43. The Balaban J connectivity index is 3.04. The predicted molar refractivity (Wildman–Crippen MR) is 76.4 cm³/mol. The van der Waals surface area contributed by atoms with Crippen molar-refractivity contribution in [1.82, 2.24) is 4.72 Å². The van der Waals surface area contributed by atoms with E-state index in [1.807, 2.05) is 0 Å². The summed E-state index contributed by atoms with van der Waals surface area (Å²) < 4.78 is 38.2. The molecule has 1 aromatic rings. The molecule has 0 aliphatic carbocycles. The van der Waals surface area contributed by atoms with E-state index >= 15 is 0 Å². The highest BCUT2D eigenvalue weighted by Gasteiger charge is 2.17. The summed E-state index contributed by atoms with van der Waals surface area (Å²) in [5.41, 5.74) is 5.79. The van der Waals surface area contributed by atoms with Crippen LogP contribution in [0.5, 0.6) is 5.75 Å². The monoisotopic (exact) mass is 302 g/mol. The molecule has 5 N–H and O–H groups in total. The molecule has 0 aliphatic heterocycles. The molecule has 0 aromatic heterocycles. The van der Waals surface area contributed by atoms with Crippen LogP contribution in [0.4, 0.5) is 5.69 Å². The van der Waals surface area contributed by atoms with E-state index in [2.05, 4.69) is 9.44 Å². The van der Waals surface area contributed by atoms with Gasteiger partial charge in [-0.25, -0.2) is 0 Å². The third-order valence-electron chi connectivity index (χ3n) is 2.37. The van der Waals surface area contributed by atoms with Gasteiger partial charge in [-0.1, -0.05) is 6.07 Å². The van der Waals surface area contributed by atoms with Crippen LogP contribution >= 0.6 is 0 Å². The molecule has 0 saturated carbocycles. The zero-order valence-corrected chi connectivity index (χ0v) is 12.1. The van der Waals surface area contributed by atoms with Gasteiger partial charge in [0.25, 0.3) is 10.2 Å². The van der Waals surface area contributed by atoms with Gasteiger partial charge in [-0.05, 0) is 12.1 Å². The van der Waals surface area contributed by atoms with E-state index in [4.69, 9.17) is 20.6 Å². The second-order valence-corrected chi connectivity index (χ2v) is 5.29. The molecule has 0 saturated heterocycles. The van der Waals surface area contributed by atoms with Crippen LogP contribution < -0.4 is 19.9 Å². The molecule has 0 radical (unpaired) electrons. The Kier molecular flexibility index (Phi) is 5.74. The van der Waals surface area contributed by atoms with Gasteiger partial charge in [0, 0.05) is 19.2 Å². The normalized spacial score (nSPS) is 11.1. The molecule has 0 unspecified atom stereocenters. The number of anilines is 1. The predicted octanol–water partition coefficient (Wildman–Crippen LogP) is -0.128. The Hall–Kier alpha value is -1.84. The zero-order valence-electron chi connectivity index (χ0n) is 11.3. The summed E-state index contributed by atoms with van der Waals surface area (Å²) in [6, 6.07) is 4.71. The maximum Gasteiger partial charge on any atom is 0.299 e. The summed E-state index contributed by atoms with van der Waals surface area (Å²) in [4.78, 5) is 0. The first kappa shape index (κ1) is 16.2. The molecule has 1 rings (SSSR count). The fraction of sp³-hybridized carbons (Fsp3) is 0.364. The Morgan fingerprint density at radius 3 is 2.65 bits per heavy atom. The number of rotatable bonds is 8. The topological polar surface area (TPSA) is 127 Å². The number of hydrogen-bond acceptors (Lipinski definition) is 5. The summed E-state index contributed by atoms with van der Waals surface area (Å²) in [6.45, 7) is 0.364. The number of nitrogens with one attached hydrogen (secondary N) is 3. The van der Waals surface area contributed by atoms with Crippen molar-refractivity contribution in [3.8, 4) is 5.75 Å². The fourth-order valence-corrected chi connectivity index (χ4v) is 2.38. The minimum atomic E-state index is -3.81. The van der Waals surface area contributed by atoms with Crippen molar-refractivity contribution in [2.75, 3.05) is 32.1 Å². The average molecular weight is 302 g/mol. The molecule has 9 heteroatoms. The van der Waals surface area contributed by atoms with Gasteiger partial charge < -0.3 is 15.2 Å². The van der Waals surface area contributed by atoms with Crippen molar-refractivity contribution in [2.45, 2.75) is 0 Å². The molecule has 0 spiro atoms. The first-order chi connectivity index (χ1) is 9.41.